The second-order valence-corrected chi connectivity index (χ2v) is 14.7. The van der Waals surface area contributed by atoms with Crippen LogP contribution in [0.15, 0.2) is 41.3 Å². The van der Waals surface area contributed by atoms with Gasteiger partial charge in [-0.1, -0.05) is 11.6 Å². The van der Waals surface area contributed by atoms with Crippen molar-refractivity contribution in [3.63, 3.8) is 0 Å². The molecule has 1 aromatic heterocycles. The SMILES string of the molecule is NCCNCCNC(=O)[C@H]1CC[C@H](C(F)(F)c2cc(Cl)nc(N3CCN(S(=O)(=O)c4ccc(N5C[C@H](N)CC5=O)cc4)CC3)c2)CC1. The first-order valence-electron chi connectivity index (χ1n) is 16.1. The molecule has 3 aliphatic rings. The number of pyridine rings is 1. The summed E-state index contributed by atoms with van der Waals surface area (Å²) in [5.74, 6) is -4.38. The van der Waals surface area contributed by atoms with Crippen LogP contribution in [0.3, 0.4) is 0 Å². The van der Waals surface area contributed by atoms with Crippen molar-refractivity contribution in [1.82, 2.24) is 19.9 Å². The predicted molar refractivity (Wildman–Crippen MR) is 176 cm³/mol. The van der Waals surface area contributed by atoms with E-state index < -0.39 is 21.9 Å². The molecule has 1 saturated carbocycles. The molecule has 2 amide bonds. The first-order valence-corrected chi connectivity index (χ1v) is 17.9. The lowest BCUT2D eigenvalue weighted by atomic mass is 9.77. The van der Waals surface area contributed by atoms with Crippen molar-refractivity contribution in [3.05, 3.63) is 47.1 Å². The summed E-state index contributed by atoms with van der Waals surface area (Å²) in [5.41, 5.74) is 11.7. The van der Waals surface area contributed by atoms with Gasteiger partial charge in [0.25, 0.3) is 5.92 Å². The van der Waals surface area contributed by atoms with Crippen LogP contribution in [-0.2, 0) is 25.5 Å². The molecule has 2 aliphatic heterocycles. The predicted octanol–water partition coefficient (Wildman–Crippen LogP) is 1.87. The Bertz CT molecular complexity index is 1520. The van der Waals surface area contributed by atoms with E-state index in [9.17, 15) is 18.0 Å². The Hall–Kier alpha value is -2.95. The number of hydrogen-bond acceptors (Lipinski definition) is 9. The summed E-state index contributed by atoms with van der Waals surface area (Å²) in [6.45, 7) is 3.32. The number of hydrogen-bond donors (Lipinski definition) is 4. The number of amides is 2. The summed E-state index contributed by atoms with van der Waals surface area (Å²) < 4.78 is 59.8. The van der Waals surface area contributed by atoms with Crippen molar-refractivity contribution in [2.75, 3.05) is 68.7 Å². The number of rotatable bonds is 12. The summed E-state index contributed by atoms with van der Waals surface area (Å²) in [6.07, 6.45) is 1.40. The van der Waals surface area contributed by atoms with Gasteiger partial charge in [-0.25, -0.2) is 22.2 Å². The van der Waals surface area contributed by atoms with Crippen LogP contribution in [0.4, 0.5) is 20.3 Å². The van der Waals surface area contributed by atoms with Crippen LogP contribution in [0.2, 0.25) is 5.15 Å². The third-order valence-electron chi connectivity index (χ3n) is 9.20. The van der Waals surface area contributed by atoms with Gasteiger partial charge in [0.15, 0.2) is 0 Å². The Kier molecular flexibility index (Phi) is 11.3. The fraction of sp³-hybridized carbons (Fsp3) is 0.581. The molecule has 5 rings (SSSR count). The fourth-order valence-electron chi connectivity index (χ4n) is 6.53. The molecule has 2 aromatic rings. The molecule has 3 heterocycles. The van der Waals surface area contributed by atoms with Crippen molar-refractivity contribution in [1.29, 1.82) is 0 Å². The number of carbonyl (C=O) groups excluding carboxylic acids is 2. The van der Waals surface area contributed by atoms with Crippen LogP contribution in [-0.4, -0.2) is 94.5 Å². The van der Waals surface area contributed by atoms with Crippen LogP contribution in [0.25, 0.3) is 0 Å². The van der Waals surface area contributed by atoms with E-state index in [-0.39, 0.29) is 90.6 Å². The van der Waals surface area contributed by atoms with E-state index in [4.69, 9.17) is 23.1 Å². The maximum absolute atomic E-state index is 15.9. The highest BCUT2D eigenvalue weighted by molar-refractivity contribution is 7.89. The third kappa shape index (κ3) is 8.20. The van der Waals surface area contributed by atoms with Crippen LogP contribution in [0, 0.1) is 11.8 Å². The Labute approximate surface area is 279 Å². The Balaban J connectivity index is 1.17. The van der Waals surface area contributed by atoms with Crippen molar-refractivity contribution in [2.45, 2.75) is 49.0 Å². The van der Waals surface area contributed by atoms with Crippen LogP contribution < -0.4 is 31.9 Å². The normalized spacial score (nSPS) is 22.9. The molecule has 1 atom stereocenters. The number of carbonyl (C=O) groups is 2. The van der Waals surface area contributed by atoms with Crippen LogP contribution in [0.1, 0.15) is 37.7 Å². The summed E-state index contributed by atoms with van der Waals surface area (Å²) in [5, 5.41) is 5.90. The van der Waals surface area contributed by atoms with Crippen molar-refractivity contribution in [3.8, 4) is 0 Å². The molecule has 1 aliphatic carbocycles. The van der Waals surface area contributed by atoms with E-state index in [1.165, 1.54) is 28.6 Å². The first-order chi connectivity index (χ1) is 22.4. The highest BCUT2D eigenvalue weighted by atomic mass is 35.5. The number of halogens is 3. The number of nitrogens with zero attached hydrogens (tertiary/aromatic N) is 4. The van der Waals surface area contributed by atoms with Gasteiger partial charge in [-0.2, -0.15) is 4.31 Å². The molecular formula is C31H43ClF2N8O4S. The van der Waals surface area contributed by atoms with Gasteiger partial charge in [0.2, 0.25) is 21.8 Å². The number of anilines is 2. The molecule has 6 N–H and O–H groups in total. The zero-order valence-electron chi connectivity index (χ0n) is 26.2. The van der Waals surface area contributed by atoms with Gasteiger partial charge in [0.05, 0.1) is 4.90 Å². The first kappa shape index (κ1) is 35.4. The van der Waals surface area contributed by atoms with Gasteiger partial charge < -0.3 is 31.9 Å². The van der Waals surface area contributed by atoms with E-state index in [1.54, 1.807) is 21.9 Å². The van der Waals surface area contributed by atoms with E-state index in [0.29, 0.717) is 51.3 Å². The Morgan fingerprint density at radius 1 is 1.02 bits per heavy atom. The molecule has 258 valence electrons. The fourth-order valence-corrected chi connectivity index (χ4v) is 8.15. The molecule has 0 unspecified atom stereocenters. The molecule has 0 spiro atoms. The average Bonchev–Trinajstić information content (AvgIpc) is 3.41. The number of aromatic nitrogens is 1. The summed E-state index contributed by atoms with van der Waals surface area (Å²) in [7, 11) is -3.83. The van der Waals surface area contributed by atoms with Crippen molar-refractivity contribution >= 4 is 44.9 Å². The van der Waals surface area contributed by atoms with E-state index in [2.05, 4.69) is 15.6 Å². The molecule has 1 aromatic carbocycles. The van der Waals surface area contributed by atoms with Crippen LogP contribution >= 0.6 is 11.6 Å². The lowest BCUT2D eigenvalue weighted by Crippen LogP contribution is -2.49. The molecule has 16 heteroatoms. The highest BCUT2D eigenvalue weighted by Gasteiger charge is 2.44. The summed E-state index contributed by atoms with van der Waals surface area (Å²) in [4.78, 5) is 32.4. The van der Waals surface area contributed by atoms with E-state index in [1.807, 2.05) is 0 Å². The second kappa shape index (κ2) is 15.1. The minimum atomic E-state index is -3.83. The maximum Gasteiger partial charge on any atom is 0.276 e. The Morgan fingerprint density at radius 2 is 1.70 bits per heavy atom. The van der Waals surface area contributed by atoms with Crippen molar-refractivity contribution < 1.29 is 26.8 Å². The van der Waals surface area contributed by atoms with Gasteiger partial charge in [0, 0.05) is 94.5 Å². The molecule has 3 fully saturated rings. The van der Waals surface area contributed by atoms with Gasteiger partial charge in [-0.3, -0.25) is 9.59 Å². The molecule has 47 heavy (non-hydrogen) atoms. The summed E-state index contributed by atoms with van der Waals surface area (Å²) >= 11 is 6.24. The smallest absolute Gasteiger partial charge is 0.276 e. The van der Waals surface area contributed by atoms with Gasteiger partial charge >= 0.3 is 0 Å². The van der Waals surface area contributed by atoms with E-state index in [0.717, 1.165) is 0 Å². The highest BCUT2D eigenvalue weighted by Crippen LogP contribution is 2.46. The van der Waals surface area contributed by atoms with Gasteiger partial charge in [-0.15, -0.1) is 0 Å². The van der Waals surface area contributed by atoms with Crippen molar-refractivity contribution in [2.24, 2.45) is 23.3 Å². The lowest BCUT2D eigenvalue weighted by Gasteiger charge is -2.36. The zero-order chi connectivity index (χ0) is 33.8. The molecule has 12 nitrogen and oxygen atoms in total. The van der Waals surface area contributed by atoms with Crippen LogP contribution in [0.5, 0.6) is 0 Å². The number of nitrogens with one attached hydrogen (secondary N) is 2. The molecule has 0 bridgehead atoms. The molecule has 0 radical (unpaired) electrons. The zero-order valence-corrected chi connectivity index (χ0v) is 27.8. The monoisotopic (exact) mass is 696 g/mol. The molecular weight excluding hydrogens is 654 g/mol. The largest absolute Gasteiger partial charge is 0.355 e. The quantitative estimate of drug-likeness (QED) is 0.191. The average molecular weight is 697 g/mol. The Morgan fingerprint density at radius 3 is 2.32 bits per heavy atom. The third-order valence-corrected chi connectivity index (χ3v) is 11.3. The number of sulfonamides is 1. The summed E-state index contributed by atoms with van der Waals surface area (Å²) in [6, 6.07) is 8.42. The number of nitrogens with two attached hydrogens (primary N) is 2. The number of piperazine rings is 1. The second-order valence-electron chi connectivity index (χ2n) is 12.4. The van der Waals surface area contributed by atoms with E-state index >= 15 is 8.78 Å². The topological polar surface area (TPSA) is 167 Å². The number of benzene rings is 1. The number of alkyl halides is 2. The minimum absolute atomic E-state index is 0.0685. The molecule has 2 saturated heterocycles. The minimum Gasteiger partial charge on any atom is -0.355 e. The van der Waals surface area contributed by atoms with Gasteiger partial charge in [0.1, 0.15) is 11.0 Å². The standard InChI is InChI=1S/C31H43ClF2N8O4S/c32-27-17-23(31(33,34)22-3-1-21(2-4-22)30(44)38-12-11-37-10-9-35)18-28(39-27)40-13-15-41(16-14-40)47(45,46)26-7-5-25(6-8-26)42-20-24(36)19-29(42)43/h5-8,17-18,21-22,24,37H,1-4,9-16,19-20,35-36H2,(H,38,44)/t21-,22-,24-/m1/s1. The maximum atomic E-state index is 15.9. The lowest BCUT2D eigenvalue weighted by molar-refractivity contribution is -0.129. The van der Waals surface area contributed by atoms with Gasteiger partial charge in [-0.05, 0) is 62.1 Å².